The smallest absolute Gasteiger partial charge is 0.387 e. The zero-order valence-electron chi connectivity index (χ0n) is 17.7. The van der Waals surface area contributed by atoms with Crippen LogP contribution in [0.3, 0.4) is 0 Å². The molecule has 0 amide bonds. The molecule has 2 atom stereocenters. The number of aromatic nitrogens is 4. The molecule has 34 heavy (non-hydrogen) atoms. The number of imidazole rings is 1. The average molecular weight is 468 g/mol. The van der Waals surface area contributed by atoms with E-state index in [1.807, 2.05) is 22.8 Å². The number of hydrogen-bond donors (Lipinski definition) is 1. The first-order valence-corrected chi connectivity index (χ1v) is 10.8. The number of nitrogens with zero attached hydrogens (tertiary/aromatic N) is 4. The number of fused-ring (bicyclic) bond motifs is 3. The van der Waals surface area contributed by atoms with Crippen molar-refractivity contribution in [1.29, 1.82) is 0 Å². The highest BCUT2D eigenvalue weighted by Gasteiger charge is 2.43. The maximum absolute atomic E-state index is 14.5. The Morgan fingerprint density at radius 2 is 1.85 bits per heavy atom. The van der Waals surface area contributed by atoms with Crippen molar-refractivity contribution in [3.63, 3.8) is 0 Å². The van der Waals surface area contributed by atoms with E-state index in [4.69, 9.17) is 9.47 Å². The normalized spacial score (nSPS) is 21.0. The molecule has 6 rings (SSSR count). The number of halogens is 3. The lowest BCUT2D eigenvalue weighted by Gasteiger charge is -2.31. The molecule has 2 aromatic heterocycles. The lowest BCUT2D eigenvalue weighted by molar-refractivity contribution is -0.140. The van der Waals surface area contributed by atoms with Crippen molar-refractivity contribution in [2.75, 3.05) is 13.2 Å². The lowest BCUT2D eigenvalue weighted by Crippen LogP contribution is -2.43. The van der Waals surface area contributed by atoms with Crippen LogP contribution in [0.4, 0.5) is 13.2 Å². The molecule has 2 aliphatic heterocycles. The van der Waals surface area contributed by atoms with Gasteiger partial charge in [-0.05, 0) is 23.8 Å². The van der Waals surface area contributed by atoms with Crippen LogP contribution in [-0.4, -0.2) is 44.5 Å². The number of hydrogen-bond acceptors (Lipinski definition) is 6. The number of ether oxygens (including phenoxy) is 2. The molecule has 4 heterocycles. The number of alkyl halides is 3. The molecule has 0 saturated carbocycles. The molecule has 0 spiro atoms. The highest BCUT2D eigenvalue weighted by atomic mass is 19.3. The number of benzene rings is 2. The summed E-state index contributed by atoms with van der Waals surface area (Å²) >= 11 is 0. The monoisotopic (exact) mass is 468 g/mol. The molecule has 2 aromatic carbocycles. The number of para-hydroxylation sites is 1. The molecular weight excluding hydrogens is 449 g/mol. The van der Waals surface area contributed by atoms with Gasteiger partial charge < -0.3 is 19.1 Å². The molecule has 4 aromatic rings. The summed E-state index contributed by atoms with van der Waals surface area (Å²) in [5, 5.41) is 10.7. The van der Waals surface area contributed by atoms with E-state index in [1.165, 1.54) is 6.07 Å². The summed E-state index contributed by atoms with van der Waals surface area (Å²) in [6, 6.07) is 11.7. The second-order valence-electron chi connectivity index (χ2n) is 8.48. The molecule has 0 aliphatic carbocycles. The minimum atomic E-state index is -2.96. The van der Waals surface area contributed by atoms with E-state index in [9.17, 15) is 18.3 Å². The Hall–Kier alpha value is -3.50. The molecule has 7 nitrogen and oxygen atoms in total. The van der Waals surface area contributed by atoms with E-state index in [2.05, 4.69) is 15.0 Å². The van der Waals surface area contributed by atoms with Gasteiger partial charge in [-0.15, -0.1) is 0 Å². The Kier molecular flexibility index (Phi) is 4.82. The van der Waals surface area contributed by atoms with Crippen molar-refractivity contribution >= 4 is 11.0 Å². The van der Waals surface area contributed by atoms with Crippen LogP contribution in [0.5, 0.6) is 5.75 Å². The highest BCUT2D eigenvalue weighted by Crippen LogP contribution is 2.44. The Labute approximate surface area is 191 Å². The number of rotatable bonds is 5. The molecule has 0 bridgehead atoms. The zero-order valence-corrected chi connectivity index (χ0v) is 17.7. The van der Waals surface area contributed by atoms with Crippen LogP contribution in [-0.2, 0) is 10.4 Å². The second kappa shape index (κ2) is 7.78. The van der Waals surface area contributed by atoms with Crippen LogP contribution in [0, 0.1) is 0 Å². The molecule has 2 aliphatic rings. The maximum Gasteiger partial charge on any atom is 0.387 e. The summed E-state index contributed by atoms with van der Waals surface area (Å²) in [6.45, 7) is -3.07. The predicted octanol–water partition coefficient (Wildman–Crippen LogP) is 4.32. The minimum Gasteiger partial charge on any atom is -0.434 e. The Balaban J connectivity index is 1.42. The summed E-state index contributed by atoms with van der Waals surface area (Å²) in [5.41, 5.74) is 1.72. The minimum absolute atomic E-state index is 0.0548. The number of aliphatic hydroxyl groups excluding tert-OH is 1. The van der Waals surface area contributed by atoms with Gasteiger partial charge in [-0.1, -0.05) is 24.3 Å². The molecular formula is C24H19F3N4O3. The predicted molar refractivity (Wildman–Crippen MR) is 115 cm³/mol. The van der Waals surface area contributed by atoms with Gasteiger partial charge in [0, 0.05) is 29.9 Å². The molecule has 0 unspecified atom stereocenters. The molecule has 1 N–H and O–H groups in total. The van der Waals surface area contributed by atoms with Gasteiger partial charge >= 0.3 is 6.61 Å². The third kappa shape index (κ3) is 3.33. The first kappa shape index (κ1) is 21.1. The second-order valence-corrected chi connectivity index (χ2v) is 8.48. The van der Waals surface area contributed by atoms with E-state index in [1.54, 1.807) is 30.6 Å². The quantitative estimate of drug-likeness (QED) is 0.470. The fourth-order valence-electron chi connectivity index (χ4n) is 4.62. The van der Waals surface area contributed by atoms with Crippen LogP contribution in [0.25, 0.3) is 22.2 Å². The number of aliphatic hydroxyl groups is 1. The first-order valence-electron chi connectivity index (χ1n) is 10.8. The molecule has 10 heteroatoms. The van der Waals surface area contributed by atoms with Gasteiger partial charge in [0.1, 0.15) is 17.7 Å². The molecule has 1 fully saturated rings. The van der Waals surface area contributed by atoms with Crippen LogP contribution in [0.2, 0.25) is 0 Å². The maximum atomic E-state index is 14.5. The van der Waals surface area contributed by atoms with E-state index in [-0.39, 0.29) is 31.2 Å². The highest BCUT2D eigenvalue weighted by molar-refractivity contribution is 5.83. The first-order chi connectivity index (χ1) is 16.4. The van der Waals surface area contributed by atoms with E-state index in [0.29, 0.717) is 22.5 Å². The average Bonchev–Trinajstić information content (AvgIpc) is 3.35. The van der Waals surface area contributed by atoms with Crippen molar-refractivity contribution < 1.29 is 27.8 Å². The van der Waals surface area contributed by atoms with Crippen molar-refractivity contribution in [3.05, 3.63) is 72.1 Å². The van der Waals surface area contributed by atoms with Crippen molar-refractivity contribution in [3.8, 4) is 16.9 Å². The summed E-state index contributed by atoms with van der Waals surface area (Å²) in [6.07, 6.45) is 2.55. The Morgan fingerprint density at radius 1 is 1.09 bits per heavy atom. The van der Waals surface area contributed by atoms with Gasteiger partial charge in [0.25, 0.3) is 0 Å². The van der Waals surface area contributed by atoms with Crippen molar-refractivity contribution in [2.24, 2.45) is 0 Å². The van der Waals surface area contributed by atoms with Crippen molar-refractivity contribution in [2.45, 2.75) is 30.8 Å². The van der Waals surface area contributed by atoms with Gasteiger partial charge in [0.05, 0.1) is 30.3 Å². The summed E-state index contributed by atoms with van der Waals surface area (Å²) < 4.78 is 52.0. The lowest BCUT2D eigenvalue weighted by atomic mass is 10.0. The Morgan fingerprint density at radius 3 is 2.56 bits per heavy atom. The van der Waals surface area contributed by atoms with Crippen LogP contribution in [0.1, 0.15) is 35.8 Å². The van der Waals surface area contributed by atoms with Gasteiger partial charge in [-0.25, -0.2) is 19.3 Å². The topological polar surface area (TPSA) is 82.3 Å². The molecule has 0 radical (unpaired) electrons. The molecule has 174 valence electrons. The summed E-state index contributed by atoms with van der Waals surface area (Å²) in [4.78, 5) is 12.9. The third-order valence-corrected chi connectivity index (χ3v) is 6.31. The van der Waals surface area contributed by atoms with Crippen LogP contribution < -0.4 is 4.74 Å². The third-order valence-electron chi connectivity index (χ3n) is 6.31. The van der Waals surface area contributed by atoms with Gasteiger partial charge in [-0.3, -0.25) is 0 Å². The largest absolute Gasteiger partial charge is 0.434 e. The van der Waals surface area contributed by atoms with Crippen LogP contribution >= 0.6 is 0 Å². The van der Waals surface area contributed by atoms with Gasteiger partial charge in [0.2, 0.25) is 5.67 Å². The SMILES string of the molecule is O[C@@H]1C[C@H](c2ccccc2OC(F)F)n2c1nc1ccc(-c3cnc(C4(F)COC4)nc3)cc12. The van der Waals surface area contributed by atoms with E-state index in [0.717, 1.165) is 11.1 Å². The Bertz CT molecular complexity index is 1370. The van der Waals surface area contributed by atoms with Crippen molar-refractivity contribution in [1.82, 2.24) is 19.5 Å². The fourth-order valence-corrected chi connectivity index (χ4v) is 4.62. The van der Waals surface area contributed by atoms with Crippen LogP contribution in [0.15, 0.2) is 54.9 Å². The van der Waals surface area contributed by atoms with E-state index < -0.39 is 24.4 Å². The standard InChI is InChI=1S/C24H19F3N4O3/c25-23(26)34-20-4-2-1-3-15(20)17-8-19(32)21-30-16-6-5-13(7-18(16)31(17)21)14-9-28-22(29-10-14)24(27)11-33-12-24/h1-7,9-10,17,19,23,32H,8,11-12H2/t17-,19-/m1/s1. The summed E-state index contributed by atoms with van der Waals surface area (Å²) in [5.74, 6) is 0.609. The van der Waals surface area contributed by atoms with Gasteiger partial charge in [-0.2, -0.15) is 8.78 Å². The van der Waals surface area contributed by atoms with E-state index >= 15 is 0 Å². The zero-order chi connectivity index (χ0) is 23.4. The molecule has 1 saturated heterocycles. The fraction of sp³-hybridized carbons (Fsp3) is 0.292. The van der Waals surface area contributed by atoms with Gasteiger partial charge in [0.15, 0.2) is 5.82 Å². The summed E-state index contributed by atoms with van der Waals surface area (Å²) in [7, 11) is 0.